The molecule has 1 unspecified atom stereocenters. The van der Waals surface area contributed by atoms with E-state index in [9.17, 15) is 9.59 Å². The van der Waals surface area contributed by atoms with Crippen LogP contribution in [0.2, 0.25) is 5.02 Å². The van der Waals surface area contributed by atoms with Crippen molar-refractivity contribution in [3.05, 3.63) is 57.8 Å². The predicted molar refractivity (Wildman–Crippen MR) is 129 cm³/mol. The molecule has 2 aromatic carbocycles. The second-order valence-corrected chi connectivity index (χ2v) is 9.72. The van der Waals surface area contributed by atoms with Gasteiger partial charge in [0.1, 0.15) is 5.75 Å². The second kappa shape index (κ2) is 9.96. The largest absolute Gasteiger partial charge is 0.495 e. The monoisotopic (exact) mass is 471 g/mol. The zero-order valence-electron chi connectivity index (χ0n) is 18.1. The Morgan fingerprint density at radius 1 is 1.22 bits per heavy atom. The van der Waals surface area contributed by atoms with Gasteiger partial charge in [-0.05, 0) is 50.1 Å². The molecule has 1 fully saturated rings. The zero-order valence-corrected chi connectivity index (χ0v) is 19.7. The molecule has 1 aliphatic carbocycles. The van der Waals surface area contributed by atoms with Crippen LogP contribution < -0.4 is 15.6 Å². The lowest BCUT2D eigenvalue weighted by molar-refractivity contribution is -0.121. The normalized spacial score (nSPS) is 15.5. The Morgan fingerprint density at radius 2 is 1.97 bits per heavy atom. The van der Waals surface area contributed by atoms with Crippen molar-refractivity contribution in [3.8, 4) is 11.4 Å². The van der Waals surface area contributed by atoms with Crippen LogP contribution in [0.15, 0.2) is 52.4 Å². The molecule has 1 aromatic heterocycles. The third-order valence-corrected chi connectivity index (χ3v) is 7.02. The van der Waals surface area contributed by atoms with Gasteiger partial charge in [0.15, 0.2) is 5.16 Å². The van der Waals surface area contributed by atoms with E-state index in [1.165, 1.54) is 22.7 Å². The number of para-hydroxylation sites is 2. The summed E-state index contributed by atoms with van der Waals surface area (Å²) in [5.74, 6) is 0.500. The molecular weight excluding hydrogens is 446 g/mol. The topological polar surface area (TPSA) is 73.2 Å². The summed E-state index contributed by atoms with van der Waals surface area (Å²) in [6.45, 7) is 1.84. The summed E-state index contributed by atoms with van der Waals surface area (Å²) in [5, 5.41) is 4.10. The molecule has 0 radical (unpaired) electrons. The van der Waals surface area contributed by atoms with Crippen molar-refractivity contribution in [1.29, 1.82) is 0 Å². The molecule has 1 aliphatic rings. The van der Waals surface area contributed by atoms with Crippen LogP contribution in [0.3, 0.4) is 0 Å². The van der Waals surface area contributed by atoms with Crippen molar-refractivity contribution in [2.24, 2.45) is 0 Å². The molecular formula is C24H26ClN3O3S. The van der Waals surface area contributed by atoms with E-state index in [0.717, 1.165) is 25.7 Å². The third-order valence-electron chi connectivity index (χ3n) is 5.73. The van der Waals surface area contributed by atoms with Crippen molar-refractivity contribution >= 4 is 40.2 Å². The second-order valence-electron chi connectivity index (χ2n) is 7.97. The highest BCUT2D eigenvalue weighted by molar-refractivity contribution is 8.00. The number of nitrogens with one attached hydrogen (secondary N) is 1. The number of hydrogen-bond donors (Lipinski definition) is 1. The molecule has 0 saturated heterocycles. The summed E-state index contributed by atoms with van der Waals surface area (Å²) < 4.78 is 7.01. The summed E-state index contributed by atoms with van der Waals surface area (Å²) in [5.41, 5.74) is 0.835. The highest BCUT2D eigenvalue weighted by Crippen LogP contribution is 2.30. The van der Waals surface area contributed by atoms with Gasteiger partial charge in [0.2, 0.25) is 5.91 Å². The highest BCUT2D eigenvalue weighted by Gasteiger charge is 2.24. The maximum atomic E-state index is 13.5. The Labute approximate surface area is 196 Å². The summed E-state index contributed by atoms with van der Waals surface area (Å²) in [4.78, 5) is 31.1. The maximum Gasteiger partial charge on any atom is 0.266 e. The number of thioether (sulfide) groups is 1. The van der Waals surface area contributed by atoms with E-state index >= 15 is 0 Å². The number of carbonyl (C=O) groups is 1. The number of ether oxygens (including phenoxy) is 1. The molecule has 1 saturated carbocycles. The number of halogens is 1. The van der Waals surface area contributed by atoms with Crippen LogP contribution in [0.1, 0.15) is 39.0 Å². The first-order valence-corrected chi connectivity index (χ1v) is 12.1. The molecule has 4 rings (SSSR count). The van der Waals surface area contributed by atoms with E-state index in [4.69, 9.17) is 21.3 Å². The van der Waals surface area contributed by atoms with Gasteiger partial charge in [-0.2, -0.15) is 0 Å². The summed E-state index contributed by atoms with van der Waals surface area (Å²) in [6, 6.07) is 12.5. The van der Waals surface area contributed by atoms with Crippen LogP contribution >= 0.6 is 23.4 Å². The fourth-order valence-electron chi connectivity index (χ4n) is 4.02. The van der Waals surface area contributed by atoms with Crippen molar-refractivity contribution in [2.45, 2.75) is 55.5 Å². The molecule has 1 amide bonds. The molecule has 0 aliphatic heterocycles. The smallest absolute Gasteiger partial charge is 0.266 e. The van der Waals surface area contributed by atoms with Crippen LogP contribution in [-0.4, -0.2) is 33.9 Å². The van der Waals surface area contributed by atoms with E-state index < -0.39 is 5.25 Å². The zero-order chi connectivity index (χ0) is 22.7. The van der Waals surface area contributed by atoms with E-state index in [1.54, 1.807) is 37.4 Å². The van der Waals surface area contributed by atoms with Gasteiger partial charge in [-0.1, -0.05) is 54.8 Å². The summed E-state index contributed by atoms with van der Waals surface area (Å²) >= 11 is 7.41. The lowest BCUT2D eigenvalue weighted by Gasteiger charge is -2.24. The number of carbonyl (C=O) groups excluding carboxylic acids is 1. The van der Waals surface area contributed by atoms with Gasteiger partial charge in [-0.15, -0.1) is 0 Å². The number of rotatable bonds is 6. The molecule has 1 N–H and O–H groups in total. The minimum absolute atomic E-state index is 0.0473. The van der Waals surface area contributed by atoms with Crippen LogP contribution in [-0.2, 0) is 4.79 Å². The van der Waals surface area contributed by atoms with Crippen molar-refractivity contribution in [3.63, 3.8) is 0 Å². The summed E-state index contributed by atoms with van der Waals surface area (Å²) in [6.07, 6.45) is 5.55. The highest BCUT2D eigenvalue weighted by atomic mass is 35.5. The number of hydrogen-bond acceptors (Lipinski definition) is 5. The quantitative estimate of drug-likeness (QED) is 0.405. The van der Waals surface area contributed by atoms with Gasteiger partial charge in [-0.25, -0.2) is 4.98 Å². The number of fused-ring (bicyclic) bond motifs is 1. The van der Waals surface area contributed by atoms with Crippen molar-refractivity contribution < 1.29 is 9.53 Å². The number of methoxy groups -OCH3 is 1. The molecule has 168 valence electrons. The Bertz CT molecular complexity index is 1190. The molecule has 8 heteroatoms. The van der Waals surface area contributed by atoms with Gasteiger partial charge in [0.25, 0.3) is 5.56 Å². The molecule has 6 nitrogen and oxygen atoms in total. The Hall–Kier alpha value is -2.51. The number of nitrogens with zero attached hydrogens (tertiary/aromatic N) is 2. The van der Waals surface area contributed by atoms with Crippen LogP contribution in [0, 0.1) is 0 Å². The fourth-order valence-corrected chi connectivity index (χ4v) is 5.12. The third kappa shape index (κ3) is 4.79. The first-order valence-electron chi connectivity index (χ1n) is 10.8. The molecule has 1 heterocycles. The first kappa shape index (κ1) is 22.7. The maximum absolute atomic E-state index is 13.5. The Balaban J connectivity index is 1.75. The Morgan fingerprint density at radius 3 is 2.72 bits per heavy atom. The molecule has 32 heavy (non-hydrogen) atoms. The van der Waals surface area contributed by atoms with E-state index in [1.807, 2.05) is 19.1 Å². The number of amides is 1. The lowest BCUT2D eigenvalue weighted by atomic mass is 9.95. The SMILES string of the molecule is COc1ccccc1-n1c(SC(C)C(=O)NC2CCCCC2)nc2cc(Cl)ccc2c1=O. The fraction of sp³-hybridized carbons (Fsp3) is 0.375. The van der Waals surface area contributed by atoms with E-state index in [2.05, 4.69) is 5.32 Å². The summed E-state index contributed by atoms with van der Waals surface area (Å²) in [7, 11) is 1.56. The van der Waals surface area contributed by atoms with Crippen molar-refractivity contribution in [1.82, 2.24) is 14.9 Å². The standard InChI is InChI=1S/C24H26ClN3O3S/c1-15(22(29)26-17-8-4-3-5-9-17)32-24-27-19-14-16(25)12-13-18(19)23(30)28(24)20-10-6-7-11-21(20)31-2/h6-7,10-15,17H,3-5,8-9H2,1-2H3,(H,26,29). The van der Waals surface area contributed by atoms with Gasteiger partial charge in [-0.3, -0.25) is 14.2 Å². The van der Waals surface area contributed by atoms with Gasteiger partial charge in [0.05, 0.1) is 29.0 Å². The van der Waals surface area contributed by atoms with Gasteiger partial charge >= 0.3 is 0 Å². The van der Waals surface area contributed by atoms with Crippen LogP contribution in [0.5, 0.6) is 5.75 Å². The minimum Gasteiger partial charge on any atom is -0.495 e. The minimum atomic E-state index is -0.429. The average Bonchev–Trinajstić information content (AvgIpc) is 2.79. The molecule has 3 aromatic rings. The lowest BCUT2D eigenvalue weighted by Crippen LogP contribution is -2.40. The molecule has 0 bridgehead atoms. The molecule has 1 atom stereocenters. The van der Waals surface area contributed by atoms with Crippen LogP contribution in [0.25, 0.3) is 16.6 Å². The number of aromatic nitrogens is 2. The van der Waals surface area contributed by atoms with Gasteiger partial charge < -0.3 is 10.1 Å². The van der Waals surface area contributed by atoms with E-state index in [0.29, 0.717) is 32.5 Å². The predicted octanol–water partition coefficient (Wildman–Crippen LogP) is 4.98. The van der Waals surface area contributed by atoms with Crippen molar-refractivity contribution in [2.75, 3.05) is 7.11 Å². The van der Waals surface area contributed by atoms with Gasteiger partial charge in [0, 0.05) is 11.1 Å². The number of benzene rings is 2. The first-order chi connectivity index (χ1) is 15.5. The molecule has 0 spiro atoms. The van der Waals surface area contributed by atoms with Crippen LogP contribution in [0.4, 0.5) is 0 Å². The Kier molecular flexibility index (Phi) is 7.06. The average molecular weight is 472 g/mol. The van der Waals surface area contributed by atoms with E-state index in [-0.39, 0.29) is 17.5 Å².